The smallest absolute Gasteiger partial charge is 0.0194 e. The van der Waals surface area contributed by atoms with Crippen LogP contribution in [-0.2, 0) is 0 Å². The molecule has 0 aromatic rings. The van der Waals surface area contributed by atoms with E-state index in [9.17, 15) is 0 Å². The van der Waals surface area contributed by atoms with Crippen LogP contribution in [-0.4, -0.2) is 0 Å². The average Bonchev–Trinajstić information content (AvgIpc) is 2.63. The molecule has 3 saturated carbocycles. The van der Waals surface area contributed by atoms with E-state index in [0.29, 0.717) is 0 Å². The number of hydrogen-bond donors (Lipinski definition) is 0. The summed E-state index contributed by atoms with van der Waals surface area (Å²) in [4.78, 5) is 0. The molecule has 4 rings (SSSR count). The summed E-state index contributed by atoms with van der Waals surface area (Å²) in [7, 11) is 0. The Balaban J connectivity index is 1.91. The highest BCUT2D eigenvalue weighted by Gasteiger charge is 2.64. The van der Waals surface area contributed by atoms with Crippen LogP contribution in [0.5, 0.6) is 0 Å². The van der Waals surface area contributed by atoms with E-state index in [1.807, 2.05) is 0 Å². The molecule has 0 nitrogen and oxygen atoms in total. The molecule has 0 saturated heterocycles. The summed E-state index contributed by atoms with van der Waals surface area (Å²) in [6.45, 7) is 0. The zero-order chi connectivity index (χ0) is 7.76. The highest BCUT2D eigenvalue weighted by atomic mass is 14.7. The maximum absolute atomic E-state index is 2.54. The molecule has 4 aliphatic rings. The predicted octanol–water partition coefficient (Wildman–Crippen LogP) is 3.00. The monoisotopic (exact) mass is 160 g/mol. The van der Waals surface area contributed by atoms with E-state index >= 15 is 0 Å². The van der Waals surface area contributed by atoms with Crippen molar-refractivity contribution in [2.24, 2.45) is 29.1 Å². The van der Waals surface area contributed by atoms with E-state index in [1.165, 1.54) is 6.42 Å². The molecule has 0 heterocycles. The molecule has 64 valence electrons. The fraction of sp³-hybridized carbons (Fsp3) is 0.833. The molecular weight excluding hydrogens is 144 g/mol. The third kappa shape index (κ3) is 0.471. The quantitative estimate of drug-likeness (QED) is 0.478. The average molecular weight is 160 g/mol. The van der Waals surface area contributed by atoms with Crippen LogP contribution in [0.4, 0.5) is 0 Å². The summed E-state index contributed by atoms with van der Waals surface area (Å²) in [6.07, 6.45) is 12.8. The van der Waals surface area contributed by atoms with Gasteiger partial charge in [-0.3, -0.25) is 0 Å². The van der Waals surface area contributed by atoms with Crippen molar-refractivity contribution in [1.29, 1.82) is 0 Å². The molecule has 12 heavy (non-hydrogen) atoms. The summed E-state index contributed by atoms with van der Waals surface area (Å²) >= 11 is 0. The van der Waals surface area contributed by atoms with E-state index in [4.69, 9.17) is 0 Å². The molecule has 0 aliphatic heterocycles. The first kappa shape index (κ1) is 6.23. The van der Waals surface area contributed by atoms with Crippen LogP contribution in [0.25, 0.3) is 0 Å². The SMILES string of the molecule is C1=CC2CC34CCC(C3)C2C4C1. The minimum Gasteiger partial charge on any atom is -0.0879 e. The van der Waals surface area contributed by atoms with Crippen LogP contribution in [0.1, 0.15) is 32.1 Å². The zero-order valence-corrected chi connectivity index (χ0v) is 7.50. The molecule has 3 fully saturated rings. The fourth-order valence-electron chi connectivity index (χ4n) is 5.19. The Morgan fingerprint density at radius 3 is 3.17 bits per heavy atom. The van der Waals surface area contributed by atoms with Crippen molar-refractivity contribution in [2.45, 2.75) is 32.1 Å². The minimum atomic E-state index is 0.865. The van der Waals surface area contributed by atoms with Crippen LogP contribution < -0.4 is 0 Å². The van der Waals surface area contributed by atoms with Crippen molar-refractivity contribution in [3.05, 3.63) is 12.2 Å². The Bertz CT molecular complexity index is 265. The van der Waals surface area contributed by atoms with Gasteiger partial charge >= 0.3 is 0 Å². The summed E-state index contributed by atoms with van der Waals surface area (Å²) in [5, 5.41) is 0. The molecule has 5 atom stereocenters. The topological polar surface area (TPSA) is 0 Å². The van der Waals surface area contributed by atoms with Crippen molar-refractivity contribution in [2.75, 3.05) is 0 Å². The molecule has 0 heteroatoms. The second-order valence-electron chi connectivity index (χ2n) is 5.58. The van der Waals surface area contributed by atoms with Gasteiger partial charge in [-0.05, 0) is 61.2 Å². The van der Waals surface area contributed by atoms with Crippen LogP contribution in [0.15, 0.2) is 12.2 Å². The Kier molecular flexibility index (Phi) is 0.865. The lowest BCUT2D eigenvalue weighted by Gasteiger charge is -2.31. The maximum Gasteiger partial charge on any atom is -0.0194 e. The van der Waals surface area contributed by atoms with Gasteiger partial charge in [0.2, 0.25) is 0 Å². The van der Waals surface area contributed by atoms with Gasteiger partial charge in [-0.15, -0.1) is 0 Å². The predicted molar refractivity (Wildman–Crippen MR) is 48.6 cm³/mol. The van der Waals surface area contributed by atoms with Gasteiger partial charge < -0.3 is 0 Å². The van der Waals surface area contributed by atoms with Gasteiger partial charge in [0.1, 0.15) is 0 Å². The van der Waals surface area contributed by atoms with Gasteiger partial charge in [0.25, 0.3) is 0 Å². The van der Waals surface area contributed by atoms with E-state index in [2.05, 4.69) is 12.2 Å². The number of fused-ring (bicyclic) bond motifs is 1. The molecule has 0 aromatic heterocycles. The molecule has 4 aliphatic carbocycles. The Morgan fingerprint density at radius 2 is 2.25 bits per heavy atom. The molecule has 5 bridgehead atoms. The number of hydrogen-bond acceptors (Lipinski definition) is 0. The third-order valence-electron chi connectivity index (χ3n) is 5.39. The summed E-state index contributed by atoms with van der Waals surface area (Å²) in [5.41, 5.74) is 0.865. The lowest BCUT2D eigenvalue weighted by Crippen LogP contribution is -2.24. The lowest BCUT2D eigenvalue weighted by molar-refractivity contribution is 0.200. The molecule has 1 spiro atoms. The molecule has 0 aromatic carbocycles. The summed E-state index contributed by atoms with van der Waals surface area (Å²) < 4.78 is 0. The van der Waals surface area contributed by atoms with Gasteiger partial charge in [0.15, 0.2) is 0 Å². The van der Waals surface area contributed by atoms with Crippen molar-refractivity contribution >= 4 is 0 Å². The van der Waals surface area contributed by atoms with E-state index in [0.717, 1.165) is 29.1 Å². The van der Waals surface area contributed by atoms with Crippen molar-refractivity contribution in [1.82, 2.24) is 0 Å². The normalized spacial score (nSPS) is 64.7. The zero-order valence-electron chi connectivity index (χ0n) is 7.50. The first-order chi connectivity index (χ1) is 5.89. The summed E-state index contributed by atoms with van der Waals surface area (Å²) in [5.74, 6) is 4.44. The Morgan fingerprint density at radius 1 is 1.25 bits per heavy atom. The second-order valence-corrected chi connectivity index (χ2v) is 5.58. The fourth-order valence-corrected chi connectivity index (χ4v) is 5.19. The molecular formula is C12H16. The van der Waals surface area contributed by atoms with Gasteiger partial charge in [-0.25, -0.2) is 0 Å². The maximum atomic E-state index is 2.54. The minimum absolute atomic E-state index is 0.865. The van der Waals surface area contributed by atoms with E-state index in [1.54, 1.807) is 25.7 Å². The number of rotatable bonds is 0. The standard InChI is InChI=1S/C12H16/c1-2-8-6-12-5-4-9(7-12)11(8)10(12)3-1/h1-2,8-11H,3-7H2. The van der Waals surface area contributed by atoms with Crippen LogP contribution in [0.3, 0.4) is 0 Å². The largest absolute Gasteiger partial charge is 0.0879 e. The molecule has 0 N–H and O–H groups in total. The van der Waals surface area contributed by atoms with Crippen LogP contribution in [0.2, 0.25) is 0 Å². The Hall–Kier alpha value is -0.260. The number of allylic oxidation sites excluding steroid dienone is 2. The van der Waals surface area contributed by atoms with E-state index < -0.39 is 0 Å². The highest BCUT2D eigenvalue weighted by Crippen LogP contribution is 2.73. The van der Waals surface area contributed by atoms with Crippen LogP contribution in [0, 0.1) is 29.1 Å². The van der Waals surface area contributed by atoms with Gasteiger partial charge in [-0.1, -0.05) is 12.2 Å². The first-order valence-electron chi connectivity index (χ1n) is 5.56. The van der Waals surface area contributed by atoms with Crippen molar-refractivity contribution < 1.29 is 0 Å². The Labute approximate surface area is 74.0 Å². The molecule has 0 amide bonds. The first-order valence-corrected chi connectivity index (χ1v) is 5.56. The third-order valence-corrected chi connectivity index (χ3v) is 5.39. The molecule has 0 radical (unpaired) electrons. The van der Waals surface area contributed by atoms with Crippen molar-refractivity contribution in [3.63, 3.8) is 0 Å². The van der Waals surface area contributed by atoms with E-state index in [-0.39, 0.29) is 0 Å². The second kappa shape index (κ2) is 1.66. The molecule has 5 unspecified atom stereocenters. The van der Waals surface area contributed by atoms with Gasteiger partial charge in [0, 0.05) is 0 Å². The highest BCUT2D eigenvalue weighted by molar-refractivity contribution is 5.21. The summed E-state index contributed by atoms with van der Waals surface area (Å²) in [6, 6.07) is 0. The van der Waals surface area contributed by atoms with Gasteiger partial charge in [0.05, 0.1) is 0 Å². The van der Waals surface area contributed by atoms with Crippen molar-refractivity contribution in [3.8, 4) is 0 Å². The lowest BCUT2D eigenvalue weighted by atomic mass is 9.73. The van der Waals surface area contributed by atoms with Crippen LogP contribution >= 0.6 is 0 Å². The van der Waals surface area contributed by atoms with Gasteiger partial charge in [-0.2, -0.15) is 0 Å².